The van der Waals surface area contributed by atoms with Crippen LogP contribution in [-0.4, -0.2) is 18.8 Å². The van der Waals surface area contributed by atoms with Crippen LogP contribution < -0.4 is 5.32 Å². The van der Waals surface area contributed by atoms with Crippen LogP contribution >= 0.6 is 0 Å². The number of hydrogen-bond donors (Lipinski definition) is 1. The molecule has 0 aliphatic heterocycles. The van der Waals surface area contributed by atoms with Crippen molar-refractivity contribution in [2.75, 3.05) is 11.9 Å². The van der Waals surface area contributed by atoms with Crippen molar-refractivity contribution in [3.63, 3.8) is 0 Å². The summed E-state index contributed by atoms with van der Waals surface area (Å²) >= 11 is 0. The summed E-state index contributed by atoms with van der Waals surface area (Å²) in [6.45, 7) is 4.76. The smallest absolute Gasteiger partial charge is 0.146 e. The number of benzene rings is 1. The van der Waals surface area contributed by atoms with Gasteiger partial charge in [0.25, 0.3) is 0 Å². The molecule has 2 unspecified atom stereocenters. The second kappa shape index (κ2) is 5.96. The lowest BCUT2D eigenvalue weighted by Crippen LogP contribution is -2.62. The SMILES string of the molecule is CCOC1CC(Nc2ccc(C)cc2F)C12CCCCC2. The second-order valence-electron chi connectivity index (χ2n) is 6.65. The summed E-state index contributed by atoms with van der Waals surface area (Å²) in [5.41, 5.74) is 1.84. The first-order chi connectivity index (χ1) is 10.2. The van der Waals surface area contributed by atoms with Crippen LogP contribution in [0.1, 0.15) is 51.0 Å². The molecular weight excluding hydrogens is 265 g/mol. The number of anilines is 1. The lowest BCUT2D eigenvalue weighted by atomic mass is 9.55. The zero-order valence-electron chi connectivity index (χ0n) is 13.1. The van der Waals surface area contributed by atoms with E-state index in [4.69, 9.17) is 4.74 Å². The van der Waals surface area contributed by atoms with Crippen molar-refractivity contribution in [2.24, 2.45) is 5.41 Å². The Balaban J connectivity index is 1.75. The van der Waals surface area contributed by atoms with E-state index < -0.39 is 0 Å². The van der Waals surface area contributed by atoms with E-state index in [1.54, 1.807) is 6.07 Å². The van der Waals surface area contributed by atoms with E-state index in [-0.39, 0.29) is 11.2 Å². The zero-order chi connectivity index (χ0) is 14.9. The van der Waals surface area contributed by atoms with Crippen molar-refractivity contribution >= 4 is 5.69 Å². The number of aryl methyl sites for hydroxylation is 1. The fourth-order valence-electron chi connectivity index (χ4n) is 4.19. The van der Waals surface area contributed by atoms with Crippen molar-refractivity contribution in [2.45, 2.75) is 64.5 Å². The van der Waals surface area contributed by atoms with Crippen LogP contribution in [-0.2, 0) is 4.74 Å². The van der Waals surface area contributed by atoms with Crippen molar-refractivity contribution in [3.05, 3.63) is 29.6 Å². The Labute approximate surface area is 127 Å². The highest BCUT2D eigenvalue weighted by Gasteiger charge is 2.55. The van der Waals surface area contributed by atoms with Gasteiger partial charge in [0.1, 0.15) is 5.82 Å². The predicted octanol–water partition coefficient (Wildman–Crippen LogP) is 4.67. The van der Waals surface area contributed by atoms with Gasteiger partial charge in [-0.05, 0) is 50.8 Å². The van der Waals surface area contributed by atoms with Gasteiger partial charge in [-0.25, -0.2) is 4.39 Å². The summed E-state index contributed by atoms with van der Waals surface area (Å²) in [5.74, 6) is -0.138. The van der Waals surface area contributed by atoms with Crippen LogP contribution in [0.2, 0.25) is 0 Å². The molecule has 2 saturated carbocycles. The maximum absolute atomic E-state index is 14.1. The first kappa shape index (κ1) is 14.8. The van der Waals surface area contributed by atoms with E-state index in [2.05, 4.69) is 12.2 Å². The summed E-state index contributed by atoms with van der Waals surface area (Å²) in [7, 11) is 0. The molecule has 2 aliphatic rings. The molecule has 0 aromatic heterocycles. The molecule has 1 spiro atoms. The fourth-order valence-corrected chi connectivity index (χ4v) is 4.19. The number of halogens is 1. The van der Waals surface area contributed by atoms with Crippen molar-refractivity contribution in [1.29, 1.82) is 0 Å². The average Bonchev–Trinajstić information content (AvgIpc) is 2.49. The fraction of sp³-hybridized carbons (Fsp3) is 0.667. The molecular formula is C18H26FNO. The van der Waals surface area contributed by atoms with E-state index >= 15 is 0 Å². The maximum atomic E-state index is 14.1. The Bertz CT molecular complexity index is 496. The molecule has 2 nitrogen and oxygen atoms in total. The van der Waals surface area contributed by atoms with Gasteiger partial charge in [-0.3, -0.25) is 0 Å². The molecule has 1 N–H and O–H groups in total. The lowest BCUT2D eigenvalue weighted by molar-refractivity contribution is -0.134. The Morgan fingerprint density at radius 3 is 2.71 bits per heavy atom. The van der Waals surface area contributed by atoms with Crippen LogP contribution in [0.3, 0.4) is 0 Å². The molecule has 2 aliphatic carbocycles. The Kier molecular flexibility index (Phi) is 4.21. The molecule has 1 aromatic rings. The molecule has 0 bridgehead atoms. The standard InChI is InChI=1S/C18H26FNO/c1-3-21-17-12-16(18(17)9-5-4-6-10-18)20-15-8-7-13(2)11-14(15)19/h7-8,11,16-17,20H,3-6,9-10,12H2,1-2H3. The molecule has 0 amide bonds. The third-order valence-electron chi connectivity index (χ3n) is 5.39. The molecule has 0 saturated heterocycles. The molecule has 3 rings (SSSR count). The van der Waals surface area contributed by atoms with Crippen LogP contribution in [0.25, 0.3) is 0 Å². The summed E-state index contributed by atoms with van der Waals surface area (Å²) < 4.78 is 20.0. The zero-order valence-corrected chi connectivity index (χ0v) is 13.1. The molecule has 2 fully saturated rings. The molecule has 0 heterocycles. The summed E-state index contributed by atoms with van der Waals surface area (Å²) in [4.78, 5) is 0. The quantitative estimate of drug-likeness (QED) is 0.870. The van der Waals surface area contributed by atoms with Crippen LogP contribution in [0.15, 0.2) is 18.2 Å². The molecule has 3 heteroatoms. The van der Waals surface area contributed by atoms with Crippen LogP contribution in [0.5, 0.6) is 0 Å². The minimum absolute atomic E-state index is 0.138. The maximum Gasteiger partial charge on any atom is 0.146 e. The number of rotatable bonds is 4. The van der Waals surface area contributed by atoms with Crippen molar-refractivity contribution < 1.29 is 9.13 Å². The van der Waals surface area contributed by atoms with Gasteiger partial charge in [-0.15, -0.1) is 0 Å². The largest absolute Gasteiger partial charge is 0.379 e. The third-order valence-corrected chi connectivity index (χ3v) is 5.39. The van der Waals surface area contributed by atoms with E-state index in [1.165, 1.54) is 32.1 Å². The predicted molar refractivity (Wildman–Crippen MR) is 84.1 cm³/mol. The number of hydrogen-bond acceptors (Lipinski definition) is 2. The first-order valence-corrected chi connectivity index (χ1v) is 8.30. The molecule has 2 atom stereocenters. The van der Waals surface area contributed by atoms with E-state index in [0.29, 0.717) is 17.8 Å². The van der Waals surface area contributed by atoms with Gasteiger partial charge in [0.15, 0.2) is 0 Å². The van der Waals surface area contributed by atoms with Gasteiger partial charge in [0.2, 0.25) is 0 Å². The number of ether oxygens (including phenoxy) is 1. The molecule has 1 aromatic carbocycles. The summed E-state index contributed by atoms with van der Waals surface area (Å²) in [5, 5.41) is 3.47. The van der Waals surface area contributed by atoms with Gasteiger partial charge in [0, 0.05) is 18.1 Å². The lowest BCUT2D eigenvalue weighted by Gasteiger charge is -2.58. The first-order valence-electron chi connectivity index (χ1n) is 8.30. The Hall–Kier alpha value is -1.09. The van der Waals surface area contributed by atoms with Gasteiger partial charge in [0.05, 0.1) is 11.8 Å². The van der Waals surface area contributed by atoms with Gasteiger partial charge in [-0.1, -0.05) is 25.3 Å². The monoisotopic (exact) mass is 291 g/mol. The Morgan fingerprint density at radius 2 is 2.05 bits per heavy atom. The topological polar surface area (TPSA) is 21.3 Å². The van der Waals surface area contributed by atoms with Crippen LogP contribution in [0.4, 0.5) is 10.1 Å². The van der Waals surface area contributed by atoms with Crippen molar-refractivity contribution in [1.82, 2.24) is 0 Å². The second-order valence-corrected chi connectivity index (χ2v) is 6.65. The van der Waals surface area contributed by atoms with Crippen LogP contribution in [0, 0.1) is 18.2 Å². The van der Waals surface area contributed by atoms with E-state index in [9.17, 15) is 4.39 Å². The summed E-state index contributed by atoms with van der Waals surface area (Å²) in [6, 6.07) is 5.80. The highest BCUT2D eigenvalue weighted by atomic mass is 19.1. The molecule has 0 radical (unpaired) electrons. The number of nitrogens with one attached hydrogen (secondary N) is 1. The summed E-state index contributed by atoms with van der Waals surface area (Å²) in [6.07, 6.45) is 7.66. The van der Waals surface area contributed by atoms with E-state index in [0.717, 1.165) is 18.6 Å². The van der Waals surface area contributed by atoms with Gasteiger partial charge < -0.3 is 10.1 Å². The molecule has 116 valence electrons. The third kappa shape index (κ3) is 2.68. The average molecular weight is 291 g/mol. The highest BCUT2D eigenvalue weighted by Crippen LogP contribution is 2.54. The van der Waals surface area contributed by atoms with Gasteiger partial charge >= 0.3 is 0 Å². The highest BCUT2D eigenvalue weighted by molar-refractivity contribution is 5.48. The normalized spacial score (nSPS) is 27.4. The molecule has 21 heavy (non-hydrogen) atoms. The van der Waals surface area contributed by atoms with E-state index in [1.807, 2.05) is 19.1 Å². The van der Waals surface area contributed by atoms with Crippen molar-refractivity contribution in [3.8, 4) is 0 Å². The minimum atomic E-state index is -0.138. The minimum Gasteiger partial charge on any atom is -0.379 e. The van der Waals surface area contributed by atoms with Gasteiger partial charge in [-0.2, -0.15) is 0 Å². The Morgan fingerprint density at radius 1 is 1.29 bits per heavy atom.